The highest BCUT2D eigenvalue weighted by Crippen LogP contribution is 2.28. The van der Waals surface area contributed by atoms with Crippen molar-refractivity contribution >= 4 is 34.8 Å². The zero-order chi connectivity index (χ0) is 9.30. The second-order valence-electron chi connectivity index (χ2n) is 2.60. The van der Waals surface area contributed by atoms with E-state index in [2.05, 4.69) is 0 Å². The number of rotatable bonds is 1. The molecule has 1 heterocycles. The standard InChI is InChI=1S/C6H9Cl3O3/c7-1-2-3(8)4(9)5(10)6(11)12-2/h2-6,10-11H,1H2/t2?,3-,4?,5?,6?/m1/s1. The fraction of sp³-hybridized carbons (Fsp3) is 1.00. The number of aliphatic hydroxyl groups excluding tert-OH is 2. The van der Waals surface area contributed by atoms with Gasteiger partial charge >= 0.3 is 0 Å². The van der Waals surface area contributed by atoms with Crippen molar-refractivity contribution in [2.75, 3.05) is 5.88 Å². The van der Waals surface area contributed by atoms with Crippen LogP contribution in [0.3, 0.4) is 0 Å². The summed E-state index contributed by atoms with van der Waals surface area (Å²) in [5.74, 6) is 0.140. The third-order valence-corrected chi connectivity index (χ3v) is 3.26. The Morgan fingerprint density at radius 2 is 1.75 bits per heavy atom. The van der Waals surface area contributed by atoms with Gasteiger partial charge in [-0.15, -0.1) is 34.8 Å². The van der Waals surface area contributed by atoms with Crippen LogP contribution in [-0.4, -0.2) is 45.3 Å². The van der Waals surface area contributed by atoms with Crippen molar-refractivity contribution in [1.29, 1.82) is 0 Å². The van der Waals surface area contributed by atoms with E-state index in [9.17, 15) is 5.11 Å². The molecule has 6 heteroatoms. The molecule has 3 nitrogen and oxygen atoms in total. The van der Waals surface area contributed by atoms with Gasteiger partial charge in [0.15, 0.2) is 6.29 Å². The summed E-state index contributed by atoms with van der Waals surface area (Å²) in [4.78, 5) is 0. The van der Waals surface area contributed by atoms with Crippen molar-refractivity contribution in [3.8, 4) is 0 Å². The summed E-state index contributed by atoms with van der Waals surface area (Å²) < 4.78 is 4.89. The van der Waals surface area contributed by atoms with Gasteiger partial charge in [0.05, 0.1) is 22.7 Å². The summed E-state index contributed by atoms with van der Waals surface area (Å²) >= 11 is 17.0. The minimum Gasteiger partial charge on any atom is -0.386 e. The first-order valence-corrected chi connectivity index (χ1v) is 4.84. The van der Waals surface area contributed by atoms with E-state index < -0.39 is 29.3 Å². The van der Waals surface area contributed by atoms with Gasteiger partial charge in [0, 0.05) is 0 Å². The number of halogens is 3. The lowest BCUT2D eigenvalue weighted by Crippen LogP contribution is -2.53. The molecule has 4 unspecified atom stereocenters. The number of ether oxygens (including phenoxy) is 1. The molecule has 72 valence electrons. The molecule has 0 bridgehead atoms. The zero-order valence-corrected chi connectivity index (χ0v) is 8.30. The Labute approximate surface area is 85.2 Å². The van der Waals surface area contributed by atoms with Crippen molar-refractivity contribution < 1.29 is 14.9 Å². The third kappa shape index (κ3) is 1.97. The summed E-state index contributed by atoms with van der Waals surface area (Å²) in [6.45, 7) is 0. The maximum atomic E-state index is 9.20. The van der Waals surface area contributed by atoms with Crippen LogP contribution in [0.2, 0.25) is 0 Å². The molecular weight excluding hydrogens is 226 g/mol. The minimum atomic E-state index is -1.30. The molecule has 2 N–H and O–H groups in total. The predicted octanol–water partition coefficient (Wildman–Crippen LogP) is 0.518. The number of hydrogen-bond acceptors (Lipinski definition) is 3. The van der Waals surface area contributed by atoms with E-state index in [0.29, 0.717) is 0 Å². The molecule has 0 amide bonds. The fourth-order valence-electron chi connectivity index (χ4n) is 1.01. The molecule has 0 spiro atoms. The van der Waals surface area contributed by atoms with Crippen molar-refractivity contribution in [3.05, 3.63) is 0 Å². The molecule has 0 aromatic heterocycles. The van der Waals surface area contributed by atoms with Crippen LogP contribution in [0.15, 0.2) is 0 Å². The topological polar surface area (TPSA) is 49.7 Å². The summed E-state index contributed by atoms with van der Waals surface area (Å²) in [6, 6.07) is 0. The molecule has 1 fully saturated rings. The normalized spacial score (nSPS) is 49.2. The van der Waals surface area contributed by atoms with Crippen LogP contribution < -0.4 is 0 Å². The summed E-state index contributed by atoms with van der Waals surface area (Å²) in [5.41, 5.74) is 0. The Kier molecular flexibility index (Phi) is 3.89. The highest BCUT2D eigenvalue weighted by Gasteiger charge is 2.42. The van der Waals surface area contributed by atoms with E-state index in [1.54, 1.807) is 0 Å². The van der Waals surface area contributed by atoms with Gasteiger partial charge in [-0.1, -0.05) is 0 Å². The second-order valence-corrected chi connectivity index (χ2v) is 3.92. The average Bonchev–Trinajstić information content (AvgIpc) is 2.08. The molecule has 1 saturated heterocycles. The van der Waals surface area contributed by atoms with E-state index in [1.807, 2.05) is 0 Å². The SMILES string of the molecule is OC1OC(CCl)[C@@H](Cl)C(Cl)C1O. The largest absolute Gasteiger partial charge is 0.386 e. The first-order chi connectivity index (χ1) is 5.57. The smallest absolute Gasteiger partial charge is 0.182 e. The van der Waals surface area contributed by atoms with E-state index in [0.717, 1.165) is 0 Å². The monoisotopic (exact) mass is 234 g/mol. The second kappa shape index (κ2) is 4.31. The van der Waals surface area contributed by atoms with Crippen molar-refractivity contribution in [2.24, 2.45) is 0 Å². The van der Waals surface area contributed by atoms with Crippen LogP contribution in [0.25, 0.3) is 0 Å². The van der Waals surface area contributed by atoms with Crippen LogP contribution in [0.4, 0.5) is 0 Å². The van der Waals surface area contributed by atoms with E-state index in [1.165, 1.54) is 0 Å². The van der Waals surface area contributed by atoms with Crippen molar-refractivity contribution in [2.45, 2.75) is 29.3 Å². The van der Waals surface area contributed by atoms with E-state index in [-0.39, 0.29) is 5.88 Å². The lowest BCUT2D eigenvalue weighted by atomic mass is 10.1. The maximum absolute atomic E-state index is 9.20. The highest BCUT2D eigenvalue weighted by molar-refractivity contribution is 6.31. The predicted molar refractivity (Wildman–Crippen MR) is 46.9 cm³/mol. The lowest BCUT2D eigenvalue weighted by molar-refractivity contribution is -0.206. The lowest BCUT2D eigenvalue weighted by Gasteiger charge is -2.36. The summed E-state index contributed by atoms with van der Waals surface area (Å²) in [7, 11) is 0. The van der Waals surface area contributed by atoms with Gasteiger partial charge in [-0.2, -0.15) is 0 Å². The molecule has 1 aliphatic heterocycles. The number of aliphatic hydroxyl groups is 2. The third-order valence-electron chi connectivity index (χ3n) is 1.74. The number of hydrogen-bond donors (Lipinski definition) is 2. The molecule has 0 aliphatic carbocycles. The summed E-state index contributed by atoms with van der Waals surface area (Å²) in [6.07, 6.45) is -2.98. The van der Waals surface area contributed by atoms with Gasteiger partial charge in [-0.3, -0.25) is 0 Å². The molecule has 5 atom stereocenters. The Morgan fingerprint density at radius 1 is 1.17 bits per heavy atom. The van der Waals surface area contributed by atoms with Crippen molar-refractivity contribution in [1.82, 2.24) is 0 Å². The average molecular weight is 235 g/mol. The van der Waals surface area contributed by atoms with Gasteiger partial charge in [0.25, 0.3) is 0 Å². The Morgan fingerprint density at radius 3 is 2.25 bits per heavy atom. The van der Waals surface area contributed by atoms with Crippen LogP contribution in [0, 0.1) is 0 Å². The first kappa shape index (κ1) is 10.8. The van der Waals surface area contributed by atoms with Crippen LogP contribution >= 0.6 is 34.8 Å². The fourth-order valence-corrected chi connectivity index (χ4v) is 1.95. The van der Waals surface area contributed by atoms with E-state index in [4.69, 9.17) is 44.6 Å². The van der Waals surface area contributed by atoms with Crippen LogP contribution in [-0.2, 0) is 4.74 Å². The molecule has 0 saturated carbocycles. The molecule has 1 rings (SSSR count). The molecule has 0 radical (unpaired) electrons. The van der Waals surface area contributed by atoms with Gasteiger partial charge in [0.2, 0.25) is 0 Å². The molecule has 12 heavy (non-hydrogen) atoms. The molecule has 0 aromatic carbocycles. The Balaban J connectivity index is 2.63. The zero-order valence-electron chi connectivity index (χ0n) is 6.03. The minimum absolute atomic E-state index is 0.140. The molecule has 0 aromatic rings. The molecule has 1 aliphatic rings. The Hall–Kier alpha value is 0.750. The first-order valence-electron chi connectivity index (χ1n) is 3.43. The number of alkyl halides is 3. The highest BCUT2D eigenvalue weighted by atomic mass is 35.5. The maximum Gasteiger partial charge on any atom is 0.182 e. The van der Waals surface area contributed by atoms with Gasteiger partial charge in [-0.05, 0) is 0 Å². The van der Waals surface area contributed by atoms with E-state index >= 15 is 0 Å². The van der Waals surface area contributed by atoms with Gasteiger partial charge < -0.3 is 14.9 Å². The summed E-state index contributed by atoms with van der Waals surface area (Å²) in [5, 5.41) is 17.0. The van der Waals surface area contributed by atoms with Crippen molar-refractivity contribution in [3.63, 3.8) is 0 Å². The molecular formula is C6H9Cl3O3. The Bertz CT molecular complexity index is 152. The van der Waals surface area contributed by atoms with Gasteiger partial charge in [0.1, 0.15) is 6.10 Å². The quantitative estimate of drug-likeness (QED) is 0.652. The van der Waals surface area contributed by atoms with Crippen LogP contribution in [0.5, 0.6) is 0 Å². The van der Waals surface area contributed by atoms with Gasteiger partial charge in [-0.25, -0.2) is 0 Å². The van der Waals surface area contributed by atoms with Crippen LogP contribution in [0.1, 0.15) is 0 Å².